The number of carbonyl (C=O) groups excluding carboxylic acids is 1. The van der Waals surface area contributed by atoms with Crippen LogP contribution in [-0.2, 0) is 13.0 Å². The second-order valence-corrected chi connectivity index (χ2v) is 5.24. The molecule has 0 spiro atoms. The van der Waals surface area contributed by atoms with Gasteiger partial charge in [-0.1, -0.05) is 0 Å². The van der Waals surface area contributed by atoms with Gasteiger partial charge in [-0.05, 0) is 12.1 Å². The second-order valence-electron chi connectivity index (χ2n) is 5.24. The van der Waals surface area contributed by atoms with Gasteiger partial charge < -0.3 is 24.3 Å². The molecule has 2 aromatic heterocycles. The highest BCUT2D eigenvalue weighted by Gasteiger charge is 2.14. The van der Waals surface area contributed by atoms with E-state index in [-0.39, 0.29) is 18.6 Å². The highest BCUT2D eigenvalue weighted by molar-refractivity contribution is 5.73. The first-order valence-electron chi connectivity index (χ1n) is 7.27. The molecule has 7 heteroatoms. The van der Waals surface area contributed by atoms with E-state index in [1.807, 2.05) is 22.9 Å². The van der Waals surface area contributed by atoms with Crippen molar-refractivity contribution in [2.24, 2.45) is 5.92 Å². The molecule has 0 aliphatic heterocycles. The lowest BCUT2D eigenvalue weighted by Gasteiger charge is -2.20. The summed E-state index contributed by atoms with van der Waals surface area (Å²) in [5.41, 5.74) is 0. The molecule has 0 aromatic carbocycles. The van der Waals surface area contributed by atoms with Gasteiger partial charge in [0.25, 0.3) is 0 Å². The van der Waals surface area contributed by atoms with Crippen molar-refractivity contribution in [3.63, 3.8) is 0 Å². The number of nitrogens with zero attached hydrogens (tertiary/aromatic N) is 3. The molecule has 0 bridgehead atoms. The van der Waals surface area contributed by atoms with E-state index < -0.39 is 0 Å². The molecular formula is C15H22N4O3. The zero-order chi connectivity index (χ0) is 15.8. The number of aliphatic hydroxyl groups excluding tert-OH is 1. The van der Waals surface area contributed by atoms with Crippen molar-refractivity contribution < 1.29 is 14.3 Å². The van der Waals surface area contributed by atoms with Crippen molar-refractivity contribution in [2.75, 3.05) is 26.7 Å². The standard InChI is InChI=1S/C15H22N4O3/c1-18(6-7-19-5-4-16-12-19)15(21)17-10-13(11-20)9-14-3-2-8-22-14/h2-5,8,12-13,20H,6-7,9-11H2,1H3,(H,17,21)/t13-/m0/s1. The number of hydrogen-bond donors (Lipinski definition) is 2. The van der Waals surface area contributed by atoms with E-state index in [1.54, 1.807) is 30.7 Å². The fourth-order valence-corrected chi connectivity index (χ4v) is 2.07. The summed E-state index contributed by atoms with van der Waals surface area (Å²) in [5, 5.41) is 12.2. The molecular weight excluding hydrogens is 284 g/mol. The molecule has 7 nitrogen and oxygen atoms in total. The molecule has 1 atom stereocenters. The predicted molar refractivity (Wildman–Crippen MR) is 81.2 cm³/mol. The van der Waals surface area contributed by atoms with E-state index in [0.717, 1.165) is 5.76 Å². The van der Waals surface area contributed by atoms with Crippen LogP contribution in [-0.4, -0.2) is 52.3 Å². The van der Waals surface area contributed by atoms with Gasteiger partial charge in [-0.15, -0.1) is 0 Å². The minimum atomic E-state index is -0.155. The molecule has 0 aliphatic rings. The van der Waals surface area contributed by atoms with Crippen molar-refractivity contribution >= 4 is 6.03 Å². The quantitative estimate of drug-likeness (QED) is 0.761. The van der Waals surface area contributed by atoms with Crippen LogP contribution in [0.1, 0.15) is 5.76 Å². The highest BCUT2D eigenvalue weighted by atomic mass is 16.3. The normalized spacial score (nSPS) is 12.1. The Bertz CT molecular complexity index is 539. The third-order valence-electron chi connectivity index (χ3n) is 3.47. The summed E-state index contributed by atoms with van der Waals surface area (Å²) in [4.78, 5) is 17.6. The van der Waals surface area contributed by atoms with Crippen LogP contribution in [0, 0.1) is 5.92 Å². The third-order valence-corrected chi connectivity index (χ3v) is 3.47. The van der Waals surface area contributed by atoms with E-state index in [9.17, 15) is 9.90 Å². The molecule has 22 heavy (non-hydrogen) atoms. The van der Waals surface area contributed by atoms with Crippen LogP contribution in [0.4, 0.5) is 4.79 Å². The number of amides is 2. The maximum Gasteiger partial charge on any atom is 0.317 e. The number of aromatic nitrogens is 2. The fourth-order valence-electron chi connectivity index (χ4n) is 2.07. The SMILES string of the molecule is CN(CCn1ccnc1)C(=O)NC[C@@H](CO)Cc1ccco1. The Kier molecular flexibility index (Phi) is 6.02. The van der Waals surface area contributed by atoms with Crippen molar-refractivity contribution in [3.8, 4) is 0 Å². The van der Waals surface area contributed by atoms with Crippen molar-refractivity contribution in [3.05, 3.63) is 42.9 Å². The van der Waals surface area contributed by atoms with Crippen LogP contribution in [0.25, 0.3) is 0 Å². The molecule has 0 saturated heterocycles. The Morgan fingerprint density at radius 2 is 2.45 bits per heavy atom. The summed E-state index contributed by atoms with van der Waals surface area (Å²) in [6.45, 7) is 1.69. The lowest BCUT2D eigenvalue weighted by molar-refractivity contribution is 0.192. The molecule has 2 heterocycles. The summed E-state index contributed by atoms with van der Waals surface area (Å²) in [7, 11) is 1.74. The number of carbonyl (C=O) groups is 1. The topological polar surface area (TPSA) is 83.5 Å². The first kappa shape index (κ1) is 16.1. The Labute approximate surface area is 129 Å². The molecule has 0 fully saturated rings. The first-order valence-corrected chi connectivity index (χ1v) is 7.27. The average molecular weight is 306 g/mol. The monoisotopic (exact) mass is 306 g/mol. The molecule has 0 aliphatic carbocycles. The lowest BCUT2D eigenvalue weighted by atomic mass is 10.1. The fraction of sp³-hybridized carbons (Fsp3) is 0.467. The van der Waals surface area contributed by atoms with Gasteiger partial charge in [-0.3, -0.25) is 0 Å². The number of nitrogens with one attached hydrogen (secondary N) is 1. The van der Waals surface area contributed by atoms with Gasteiger partial charge in [0.2, 0.25) is 0 Å². The molecule has 120 valence electrons. The minimum Gasteiger partial charge on any atom is -0.469 e. The molecule has 0 unspecified atom stereocenters. The molecule has 0 saturated carbocycles. The zero-order valence-electron chi connectivity index (χ0n) is 12.7. The van der Waals surface area contributed by atoms with E-state index in [2.05, 4.69) is 10.3 Å². The van der Waals surface area contributed by atoms with Crippen molar-refractivity contribution in [1.29, 1.82) is 0 Å². The van der Waals surface area contributed by atoms with Crippen LogP contribution in [0.3, 0.4) is 0 Å². The van der Waals surface area contributed by atoms with Gasteiger partial charge in [0.05, 0.1) is 12.6 Å². The van der Waals surface area contributed by atoms with Crippen LogP contribution in [0.15, 0.2) is 41.5 Å². The summed E-state index contributed by atoms with van der Waals surface area (Å²) in [5.74, 6) is 0.749. The maximum atomic E-state index is 12.0. The van der Waals surface area contributed by atoms with Crippen molar-refractivity contribution in [2.45, 2.75) is 13.0 Å². The number of likely N-dealkylation sites (N-methyl/N-ethyl adjacent to an activating group) is 1. The van der Waals surface area contributed by atoms with Crippen LogP contribution < -0.4 is 5.32 Å². The molecule has 2 rings (SSSR count). The van der Waals surface area contributed by atoms with Gasteiger partial charge in [0, 0.05) is 58.0 Å². The molecule has 2 N–H and O–H groups in total. The molecule has 2 aromatic rings. The Morgan fingerprint density at radius 3 is 3.09 bits per heavy atom. The summed E-state index contributed by atoms with van der Waals surface area (Å²) >= 11 is 0. The minimum absolute atomic E-state index is 0.000267. The Balaban J connectivity index is 1.70. The van der Waals surface area contributed by atoms with Crippen molar-refractivity contribution in [1.82, 2.24) is 19.8 Å². The smallest absolute Gasteiger partial charge is 0.317 e. The third kappa shape index (κ3) is 4.92. The summed E-state index contributed by atoms with van der Waals surface area (Å²) < 4.78 is 7.17. The number of aliphatic hydroxyl groups is 1. The van der Waals surface area contributed by atoms with Crippen LogP contribution in [0.5, 0.6) is 0 Å². The van der Waals surface area contributed by atoms with E-state index in [1.165, 1.54) is 0 Å². The number of rotatable bonds is 8. The van der Waals surface area contributed by atoms with Crippen LogP contribution >= 0.6 is 0 Å². The molecule has 0 radical (unpaired) electrons. The summed E-state index contributed by atoms with van der Waals surface area (Å²) in [6, 6.07) is 3.52. The van der Waals surface area contributed by atoms with E-state index >= 15 is 0 Å². The predicted octanol–water partition coefficient (Wildman–Crippen LogP) is 0.969. The van der Waals surface area contributed by atoms with Crippen LogP contribution in [0.2, 0.25) is 0 Å². The largest absolute Gasteiger partial charge is 0.469 e. The van der Waals surface area contributed by atoms with Gasteiger partial charge in [-0.2, -0.15) is 0 Å². The Hall–Kier alpha value is -2.28. The maximum absolute atomic E-state index is 12.0. The van der Waals surface area contributed by atoms with E-state index in [0.29, 0.717) is 26.1 Å². The van der Waals surface area contributed by atoms with E-state index in [4.69, 9.17) is 4.42 Å². The van der Waals surface area contributed by atoms with Gasteiger partial charge in [0.1, 0.15) is 5.76 Å². The van der Waals surface area contributed by atoms with Gasteiger partial charge in [-0.25, -0.2) is 9.78 Å². The summed E-state index contributed by atoms with van der Waals surface area (Å²) in [6.07, 6.45) is 7.49. The zero-order valence-corrected chi connectivity index (χ0v) is 12.7. The first-order chi connectivity index (χ1) is 10.7. The number of furan rings is 1. The highest BCUT2D eigenvalue weighted by Crippen LogP contribution is 2.08. The van der Waals surface area contributed by atoms with Gasteiger partial charge >= 0.3 is 6.03 Å². The number of urea groups is 1. The Morgan fingerprint density at radius 1 is 1.59 bits per heavy atom. The average Bonchev–Trinajstić information content (AvgIpc) is 3.21. The number of hydrogen-bond acceptors (Lipinski definition) is 4. The number of imidazole rings is 1. The lowest BCUT2D eigenvalue weighted by Crippen LogP contribution is -2.41. The second kappa shape index (κ2) is 8.23. The molecule has 2 amide bonds. The van der Waals surface area contributed by atoms with Gasteiger partial charge in [0.15, 0.2) is 0 Å².